The van der Waals surface area contributed by atoms with Gasteiger partial charge in [0.2, 0.25) is 0 Å². The first-order chi connectivity index (χ1) is 9.33. The Balaban J connectivity index is 2.04. The lowest BCUT2D eigenvalue weighted by atomic mass is 10.1. The predicted octanol–water partition coefficient (Wildman–Crippen LogP) is 2.49. The van der Waals surface area contributed by atoms with Crippen LogP contribution >= 0.6 is 0 Å². The van der Waals surface area contributed by atoms with Gasteiger partial charge < -0.3 is 10.7 Å². The van der Waals surface area contributed by atoms with Gasteiger partial charge in [-0.2, -0.15) is 5.10 Å². The average molecular weight is 248 g/mol. The summed E-state index contributed by atoms with van der Waals surface area (Å²) < 4.78 is 0. The Morgan fingerprint density at radius 1 is 1.16 bits per heavy atom. The van der Waals surface area contributed by atoms with Gasteiger partial charge in [0.15, 0.2) is 5.82 Å². The van der Waals surface area contributed by atoms with Crippen LogP contribution in [0.1, 0.15) is 0 Å². The van der Waals surface area contributed by atoms with Crippen LogP contribution in [-0.2, 0) is 0 Å². The number of nitrogens with zero attached hydrogens (tertiary/aromatic N) is 2. The van der Waals surface area contributed by atoms with E-state index in [0.29, 0.717) is 11.5 Å². The Labute approximate surface area is 108 Å². The van der Waals surface area contributed by atoms with Crippen LogP contribution in [0.4, 0.5) is 5.69 Å². The summed E-state index contributed by atoms with van der Waals surface area (Å²) in [4.78, 5) is 7.77. The number of hydrogen-bond donors (Lipinski definition) is 3. The number of anilines is 1. The zero-order valence-corrected chi connectivity index (χ0v) is 9.94. The molecule has 2 heterocycles. The van der Waals surface area contributed by atoms with Crippen molar-refractivity contribution < 1.29 is 0 Å². The second-order valence-corrected chi connectivity index (χ2v) is 4.37. The summed E-state index contributed by atoms with van der Waals surface area (Å²) in [5.41, 5.74) is 10.2. The maximum absolute atomic E-state index is 6.03. The van der Waals surface area contributed by atoms with Crippen LogP contribution in [0.25, 0.3) is 33.5 Å². The third-order valence-corrected chi connectivity index (χ3v) is 3.17. The van der Waals surface area contributed by atoms with Gasteiger partial charge in [0.05, 0.1) is 21.9 Å². The molecule has 4 rings (SSSR count). The van der Waals surface area contributed by atoms with E-state index in [4.69, 9.17) is 5.73 Å². The molecule has 5 nitrogen and oxygen atoms in total. The fourth-order valence-corrected chi connectivity index (χ4v) is 2.28. The molecule has 1 radical (unpaired) electrons. The molecule has 0 aliphatic rings. The van der Waals surface area contributed by atoms with Gasteiger partial charge in [-0.15, -0.1) is 0 Å². The Bertz CT molecular complexity index is 854. The molecule has 0 unspecified atom stereocenters. The fourth-order valence-electron chi connectivity index (χ4n) is 2.28. The molecule has 91 valence electrons. The molecule has 4 N–H and O–H groups in total. The van der Waals surface area contributed by atoms with Crippen molar-refractivity contribution in [2.45, 2.75) is 0 Å². The number of aromatic amines is 2. The third kappa shape index (κ3) is 1.41. The number of nitrogens with one attached hydrogen (secondary N) is 2. The first-order valence-electron chi connectivity index (χ1n) is 5.92. The molecule has 19 heavy (non-hydrogen) atoms. The fraction of sp³-hybridized carbons (Fsp3) is 0. The lowest BCUT2D eigenvalue weighted by molar-refractivity contribution is 1.11. The maximum atomic E-state index is 6.03. The highest BCUT2D eigenvalue weighted by molar-refractivity contribution is 6.00. The molecule has 0 amide bonds. The number of fused-ring (bicyclic) bond motifs is 2. The van der Waals surface area contributed by atoms with Crippen LogP contribution in [0.5, 0.6) is 0 Å². The Kier molecular flexibility index (Phi) is 1.91. The Hall–Kier alpha value is -2.82. The van der Waals surface area contributed by atoms with E-state index < -0.39 is 0 Å². The van der Waals surface area contributed by atoms with Crippen molar-refractivity contribution in [2.75, 3.05) is 5.73 Å². The number of rotatable bonds is 1. The topological polar surface area (TPSA) is 83.4 Å². The monoisotopic (exact) mass is 248 g/mol. The standard InChI is InChI=1S/C14H10N5/c15-8-4-3-7-11-12(8)13(19-18-11)14-16-9-5-1-2-6-10(9)17-14/h1,3-7H,15H2,(H,16,17)(H,18,19). The zero-order valence-electron chi connectivity index (χ0n) is 9.94. The van der Waals surface area contributed by atoms with Crippen molar-refractivity contribution in [1.29, 1.82) is 0 Å². The number of benzene rings is 2. The highest BCUT2D eigenvalue weighted by Gasteiger charge is 2.14. The zero-order chi connectivity index (χ0) is 12.8. The molecule has 4 aromatic rings. The summed E-state index contributed by atoms with van der Waals surface area (Å²) in [6, 6.07) is 14.3. The van der Waals surface area contributed by atoms with E-state index in [-0.39, 0.29) is 0 Å². The molecule has 2 aromatic heterocycles. The van der Waals surface area contributed by atoms with Gasteiger partial charge >= 0.3 is 0 Å². The molecule has 0 aliphatic carbocycles. The van der Waals surface area contributed by atoms with Gasteiger partial charge in [0.1, 0.15) is 5.69 Å². The van der Waals surface area contributed by atoms with Gasteiger partial charge in [0, 0.05) is 5.69 Å². The Morgan fingerprint density at radius 2 is 2.11 bits per heavy atom. The number of H-pyrrole nitrogens is 2. The van der Waals surface area contributed by atoms with Gasteiger partial charge in [-0.05, 0) is 30.3 Å². The quantitative estimate of drug-likeness (QED) is 0.452. The first-order valence-corrected chi connectivity index (χ1v) is 5.92. The van der Waals surface area contributed by atoms with Gasteiger partial charge in [-0.1, -0.05) is 12.1 Å². The van der Waals surface area contributed by atoms with Gasteiger partial charge in [-0.25, -0.2) is 4.98 Å². The van der Waals surface area contributed by atoms with Crippen molar-refractivity contribution in [2.24, 2.45) is 0 Å². The normalized spacial score (nSPS) is 11.4. The lowest BCUT2D eigenvalue weighted by Gasteiger charge is -1.96. The van der Waals surface area contributed by atoms with Crippen LogP contribution in [0.3, 0.4) is 0 Å². The van der Waals surface area contributed by atoms with Crippen LogP contribution in [0.15, 0.2) is 36.4 Å². The van der Waals surface area contributed by atoms with Crippen molar-refractivity contribution in [3.05, 3.63) is 42.5 Å². The molecule has 0 saturated heterocycles. The van der Waals surface area contributed by atoms with E-state index in [1.54, 1.807) is 0 Å². The molecule has 0 saturated carbocycles. The summed E-state index contributed by atoms with van der Waals surface area (Å²) in [7, 11) is 0. The van der Waals surface area contributed by atoms with E-state index >= 15 is 0 Å². The molecule has 0 fully saturated rings. The minimum Gasteiger partial charge on any atom is -0.398 e. The van der Waals surface area contributed by atoms with Gasteiger partial charge in [0.25, 0.3) is 0 Å². The molecule has 0 bridgehead atoms. The van der Waals surface area contributed by atoms with E-state index in [0.717, 1.165) is 27.6 Å². The van der Waals surface area contributed by atoms with Crippen LogP contribution in [-0.4, -0.2) is 20.2 Å². The Morgan fingerprint density at radius 3 is 3.00 bits per heavy atom. The molecule has 0 aliphatic heterocycles. The summed E-state index contributed by atoms with van der Waals surface area (Å²) >= 11 is 0. The second kappa shape index (κ2) is 3.58. The van der Waals surface area contributed by atoms with Crippen molar-refractivity contribution >= 4 is 27.6 Å². The smallest absolute Gasteiger partial charge is 0.159 e. The molecule has 0 spiro atoms. The number of aromatic nitrogens is 4. The van der Waals surface area contributed by atoms with E-state index in [9.17, 15) is 0 Å². The predicted molar refractivity (Wildman–Crippen MR) is 74.4 cm³/mol. The van der Waals surface area contributed by atoms with E-state index in [1.807, 2.05) is 36.4 Å². The lowest BCUT2D eigenvalue weighted by Crippen LogP contribution is -1.87. The van der Waals surface area contributed by atoms with Crippen LogP contribution < -0.4 is 5.73 Å². The first kappa shape index (κ1) is 10.1. The average Bonchev–Trinajstić information content (AvgIpc) is 3.02. The third-order valence-electron chi connectivity index (χ3n) is 3.17. The minimum atomic E-state index is 0.688. The highest BCUT2D eigenvalue weighted by Crippen LogP contribution is 2.29. The van der Waals surface area contributed by atoms with Crippen molar-refractivity contribution in [1.82, 2.24) is 20.2 Å². The van der Waals surface area contributed by atoms with Crippen molar-refractivity contribution in [3.8, 4) is 11.5 Å². The summed E-state index contributed by atoms with van der Waals surface area (Å²) in [5.74, 6) is 0.707. The van der Waals surface area contributed by atoms with E-state index in [1.165, 1.54) is 0 Å². The molecule has 2 aromatic carbocycles. The minimum absolute atomic E-state index is 0.688. The summed E-state index contributed by atoms with van der Waals surface area (Å²) in [6.45, 7) is 0. The van der Waals surface area contributed by atoms with Crippen molar-refractivity contribution in [3.63, 3.8) is 0 Å². The number of nitrogens with two attached hydrogens (primary N) is 1. The summed E-state index contributed by atoms with van der Waals surface area (Å²) in [6.07, 6.45) is 0. The molecule has 0 atom stereocenters. The number of imidazole rings is 1. The molecule has 5 heteroatoms. The largest absolute Gasteiger partial charge is 0.398 e. The van der Waals surface area contributed by atoms with Crippen LogP contribution in [0, 0.1) is 6.07 Å². The van der Waals surface area contributed by atoms with E-state index in [2.05, 4.69) is 26.2 Å². The molecular weight excluding hydrogens is 238 g/mol. The highest BCUT2D eigenvalue weighted by atomic mass is 15.1. The summed E-state index contributed by atoms with van der Waals surface area (Å²) in [5, 5.41) is 8.18. The SMILES string of the molecule is Nc1cccc2[nH]nc(-c3nc4cc[c]cc4[nH]3)c12. The number of hydrogen-bond acceptors (Lipinski definition) is 3. The van der Waals surface area contributed by atoms with Gasteiger partial charge in [-0.3, -0.25) is 5.10 Å². The number of nitrogen functional groups attached to an aromatic ring is 1. The molecular formula is C14H10N5. The van der Waals surface area contributed by atoms with Crippen LogP contribution in [0.2, 0.25) is 0 Å². The second-order valence-electron chi connectivity index (χ2n) is 4.37. The maximum Gasteiger partial charge on any atom is 0.159 e.